The Morgan fingerprint density at radius 3 is 2.74 bits per heavy atom. The number of halogens is 2. The Morgan fingerprint density at radius 1 is 1.37 bits per heavy atom. The van der Waals surface area contributed by atoms with E-state index in [-0.39, 0.29) is 0 Å². The minimum atomic E-state index is 0.323. The molecular weight excluding hydrogens is 375 g/mol. The van der Waals surface area contributed by atoms with Crippen LogP contribution in [-0.4, -0.2) is 19.5 Å². The van der Waals surface area contributed by atoms with Crippen molar-refractivity contribution in [3.8, 4) is 11.5 Å². The van der Waals surface area contributed by atoms with Crippen LogP contribution in [0.15, 0.2) is 12.5 Å². The third-order valence-electron chi connectivity index (χ3n) is 3.22. The first kappa shape index (κ1) is 13.3. The highest BCUT2D eigenvalue weighted by molar-refractivity contribution is 14.1. The first-order chi connectivity index (χ1) is 9.08. The maximum atomic E-state index is 6.24. The summed E-state index contributed by atoms with van der Waals surface area (Å²) in [7, 11) is 0. The second-order valence-corrected chi connectivity index (χ2v) is 6.55. The van der Waals surface area contributed by atoms with Gasteiger partial charge in [0.15, 0.2) is 5.82 Å². The smallest absolute Gasteiger partial charge is 0.179 e. The average molecular weight is 389 g/mol. The average Bonchev–Trinajstić information content (AvgIpc) is 3.10. The van der Waals surface area contributed by atoms with Gasteiger partial charge < -0.3 is 4.57 Å². The molecule has 6 heteroatoms. The zero-order valence-electron chi connectivity index (χ0n) is 10.8. The van der Waals surface area contributed by atoms with E-state index in [1.54, 1.807) is 0 Å². The van der Waals surface area contributed by atoms with Crippen molar-refractivity contribution in [1.29, 1.82) is 0 Å². The molecule has 1 aliphatic carbocycles. The fraction of sp³-hybridized carbons (Fsp3) is 0.462. The molecule has 2 aromatic heterocycles. The summed E-state index contributed by atoms with van der Waals surface area (Å²) < 4.78 is 3.10. The molecule has 0 unspecified atom stereocenters. The summed E-state index contributed by atoms with van der Waals surface area (Å²) in [5, 5.41) is 0.526. The van der Waals surface area contributed by atoms with Gasteiger partial charge in [0.25, 0.3) is 0 Å². The van der Waals surface area contributed by atoms with Gasteiger partial charge in [-0.3, -0.25) is 0 Å². The molecule has 1 fully saturated rings. The third-order valence-corrected chi connectivity index (χ3v) is 4.87. The largest absolute Gasteiger partial charge is 0.325 e. The molecule has 4 nitrogen and oxygen atoms in total. The summed E-state index contributed by atoms with van der Waals surface area (Å²) in [6.45, 7) is 4.23. The fourth-order valence-corrected chi connectivity index (χ4v) is 3.10. The van der Waals surface area contributed by atoms with Crippen LogP contribution in [0.4, 0.5) is 0 Å². The van der Waals surface area contributed by atoms with Crippen molar-refractivity contribution in [3.63, 3.8) is 0 Å². The van der Waals surface area contributed by atoms with Crippen molar-refractivity contribution in [1.82, 2.24) is 19.5 Å². The predicted molar refractivity (Wildman–Crippen MR) is 83.3 cm³/mol. The highest BCUT2D eigenvalue weighted by atomic mass is 127. The summed E-state index contributed by atoms with van der Waals surface area (Å²) in [6.07, 6.45) is 6.09. The van der Waals surface area contributed by atoms with Crippen LogP contribution < -0.4 is 0 Å². The molecule has 0 amide bonds. The molecule has 2 heterocycles. The van der Waals surface area contributed by atoms with E-state index in [2.05, 4.69) is 56.0 Å². The number of imidazole rings is 1. The molecule has 0 aliphatic heterocycles. The summed E-state index contributed by atoms with van der Waals surface area (Å²) in [5.74, 6) is 1.00. The number of aromatic nitrogens is 4. The van der Waals surface area contributed by atoms with Crippen molar-refractivity contribution >= 4 is 34.2 Å². The first-order valence-corrected chi connectivity index (χ1v) is 7.78. The quantitative estimate of drug-likeness (QED) is 0.588. The van der Waals surface area contributed by atoms with Gasteiger partial charge in [-0.1, -0.05) is 25.4 Å². The molecule has 0 saturated heterocycles. The highest BCUT2D eigenvalue weighted by Crippen LogP contribution is 2.38. The van der Waals surface area contributed by atoms with Crippen LogP contribution in [0.25, 0.3) is 11.5 Å². The maximum Gasteiger partial charge on any atom is 0.179 e. The van der Waals surface area contributed by atoms with Crippen molar-refractivity contribution in [2.45, 2.75) is 38.6 Å². The molecule has 0 N–H and O–H groups in total. The van der Waals surface area contributed by atoms with Crippen molar-refractivity contribution in [2.24, 2.45) is 0 Å². The molecule has 19 heavy (non-hydrogen) atoms. The van der Waals surface area contributed by atoms with Gasteiger partial charge in [-0.25, -0.2) is 15.0 Å². The maximum absolute atomic E-state index is 6.24. The van der Waals surface area contributed by atoms with E-state index >= 15 is 0 Å². The third kappa shape index (κ3) is 2.50. The van der Waals surface area contributed by atoms with Gasteiger partial charge in [0.2, 0.25) is 0 Å². The molecular formula is C13H14ClIN4. The van der Waals surface area contributed by atoms with Crippen molar-refractivity contribution in [3.05, 3.63) is 26.9 Å². The second-order valence-electron chi connectivity index (χ2n) is 5.11. The summed E-state index contributed by atoms with van der Waals surface area (Å²) in [4.78, 5) is 13.3. The number of hydrogen-bond acceptors (Lipinski definition) is 3. The number of hydrogen-bond donors (Lipinski definition) is 0. The number of nitrogens with zero attached hydrogens (tertiary/aromatic N) is 4. The highest BCUT2D eigenvalue weighted by Gasteiger charge is 2.27. The van der Waals surface area contributed by atoms with Gasteiger partial charge in [-0.05, 0) is 41.4 Å². The van der Waals surface area contributed by atoms with Gasteiger partial charge in [0, 0.05) is 6.04 Å². The Morgan fingerprint density at radius 2 is 2.11 bits per heavy atom. The van der Waals surface area contributed by atoms with Crippen LogP contribution in [0.1, 0.15) is 44.3 Å². The molecule has 2 aromatic rings. The van der Waals surface area contributed by atoms with Crippen LogP contribution in [0, 0.1) is 3.57 Å². The van der Waals surface area contributed by atoms with Crippen molar-refractivity contribution < 1.29 is 0 Å². The summed E-state index contributed by atoms with van der Waals surface area (Å²) >= 11 is 8.45. The van der Waals surface area contributed by atoms with Gasteiger partial charge >= 0.3 is 0 Å². The Labute approximate surface area is 130 Å². The van der Waals surface area contributed by atoms with E-state index in [1.165, 1.54) is 12.8 Å². The van der Waals surface area contributed by atoms with E-state index < -0.39 is 0 Å². The van der Waals surface area contributed by atoms with Crippen LogP contribution in [0.5, 0.6) is 0 Å². The lowest BCUT2D eigenvalue weighted by atomic mass is 10.1. The lowest BCUT2D eigenvalue weighted by molar-refractivity contribution is 0.738. The van der Waals surface area contributed by atoms with Crippen LogP contribution in [-0.2, 0) is 0 Å². The molecule has 0 radical (unpaired) electrons. The minimum Gasteiger partial charge on any atom is -0.325 e. The monoisotopic (exact) mass is 388 g/mol. The topological polar surface area (TPSA) is 43.6 Å². The second kappa shape index (κ2) is 5.01. The Kier molecular flexibility index (Phi) is 3.51. The first-order valence-electron chi connectivity index (χ1n) is 6.33. The zero-order valence-corrected chi connectivity index (χ0v) is 13.7. The summed E-state index contributed by atoms with van der Waals surface area (Å²) in [5.41, 5.74) is 1.96. The van der Waals surface area contributed by atoms with Gasteiger partial charge in [-0.15, -0.1) is 0 Å². The normalized spacial score (nSPS) is 15.2. The lowest BCUT2D eigenvalue weighted by Crippen LogP contribution is -2.05. The van der Waals surface area contributed by atoms with Gasteiger partial charge in [0.05, 0.1) is 21.8 Å². The molecule has 0 bridgehead atoms. The molecule has 1 saturated carbocycles. The summed E-state index contributed by atoms with van der Waals surface area (Å²) in [6, 6.07) is 0.557. The molecule has 3 rings (SSSR count). The lowest BCUT2D eigenvalue weighted by Gasteiger charge is -2.12. The Bertz CT molecular complexity index is 619. The van der Waals surface area contributed by atoms with E-state index in [1.807, 2.05) is 12.5 Å². The molecule has 0 spiro atoms. The van der Waals surface area contributed by atoms with E-state index in [0.29, 0.717) is 22.9 Å². The SMILES string of the molecule is CC(C)c1nc(-c2cncn2C2CC2)nc(Cl)c1I. The predicted octanol–water partition coefficient (Wildman–Crippen LogP) is 4.06. The van der Waals surface area contributed by atoms with Gasteiger partial charge in [-0.2, -0.15) is 0 Å². The Balaban J connectivity index is 2.12. The van der Waals surface area contributed by atoms with Crippen LogP contribution in [0.3, 0.4) is 0 Å². The standard InChI is InChI=1S/C13H14ClIN4/c1-7(2)11-10(15)12(14)18-13(17-11)9-5-16-6-19(9)8-3-4-8/h5-8H,3-4H2,1-2H3. The van der Waals surface area contributed by atoms with E-state index in [4.69, 9.17) is 11.6 Å². The number of rotatable bonds is 3. The molecule has 1 aliphatic rings. The van der Waals surface area contributed by atoms with Gasteiger partial charge in [0.1, 0.15) is 10.8 Å². The van der Waals surface area contributed by atoms with E-state index in [0.717, 1.165) is 15.0 Å². The van der Waals surface area contributed by atoms with Crippen molar-refractivity contribution in [2.75, 3.05) is 0 Å². The molecule has 100 valence electrons. The minimum absolute atomic E-state index is 0.323. The van der Waals surface area contributed by atoms with Crippen LogP contribution >= 0.6 is 34.2 Å². The van der Waals surface area contributed by atoms with Crippen LogP contribution in [0.2, 0.25) is 5.15 Å². The Hall–Kier alpha value is -0.690. The molecule has 0 aromatic carbocycles. The zero-order chi connectivity index (χ0) is 13.6. The van der Waals surface area contributed by atoms with E-state index in [9.17, 15) is 0 Å². The fourth-order valence-electron chi connectivity index (χ4n) is 2.05. The molecule has 0 atom stereocenters.